The van der Waals surface area contributed by atoms with Crippen LogP contribution in [-0.4, -0.2) is 11.7 Å². The van der Waals surface area contributed by atoms with Gasteiger partial charge in [-0.1, -0.05) is 12.5 Å². The zero-order valence-electron chi connectivity index (χ0n) is 8.33. The molecule has 0 bridgehead atoms. The first-order valence-corrected chi connectivity index (χ1v) is 4.97. The van der Waals surface area contributed by atoms with Crippen LogP contribution in [0.4, 0.5) is 4.79 Å². The van der Waals surface area contributed by atoms with Crippen LogP contribution in [0.3, 0.4) is 0 Å². The monoisotopic (exact) mass is 195 g/mol. The lowest BCUT2D eigenvalue weighted by Crippen LogP contribution is -2.28. The van der Waals surface area contributed by atoms with Crippen LogP contribution in [0.1, 0.15) is 32.1 Å². The third-order valence-corrected chi connectivity index (χ3v) is 2.47. The number of amides is 2. The summed E-state index contributed by atoms with van der Waals surface area (Å²) in [6.45, 7) is 3.72. The number of nitrogens with zero attached hydrogens (tertiary/aromatic N) is 1. The third-order valence-electron chi connectivity index (χ3n) is 2.47. The Morgan fingerprint density at radius 2 is 2.50 bits per heavy atom. The highest BCUT2D eigenvalue weighted by Crippen LogP contribution is 2.24. The van der Waals surface area contributed by atoms with Gasteiger partial charge >= 0.3 is 6.03 Å². The minimum absolute atomic E-state index is 0.438. The Morgan fingerprint density at radius 1 is 1.71 bits per heavy atom. The molecule has 1 unspecified atom stereocenters. The lowest BCUT2D eigenvalue weighted by Gasteiger charge is -2.22. The molecule has 14 heavy (non-hydrogen) atoms. The van der Waals surface area contributed by atoms with E-state index in [0.717, 1.165) is 31.4 Å². The summed E-state index contributed by atoms with van der Waals surface area (Å²) < 4.78 is 0. The highest BCUT2D eigenvalue weighted by molar-refractivity contribution is 5.88. The molecule has 78 valence electrons. The van der Waals surface area contributed by atoms with Crippen molar-refractivity contribution in [3.63, 3.8) is 0 Å². The zero-order chi connectivity index (χ0) is 10.4. The number of urea groups is 1. The van der Waals surface area contributed by atoms with Crippen molar-refractivity contribution in [2.75, 3.05) is 0 Å². The SMILES string of the molecule is C=CCC1CCCCC1=NNC(N)=O. The molecule has 0 aliphatic heterocycles. The van der Waals surface area contributed by atoms with E-state index >= 15 is 0 Å². The zero-order valence-corrected chi connectivity index (χ0v) is 8.33. The number of allylic oxidation sites excluding steroid dienone is 1. The van der Waals surface area contributed by atoms with Crippen molar-refractivity contribution in [1.82, 2.24) is 5.43 Å². The molecule has 0 heterocycles. The van der Waals surface area contributed by atoms with E-state index in [-0.39, 0.29) is 0 Å². The topological polar surface area (TPSA) is 67.5 Å². The number of nitrogens with one attached hydrogen (secondary N) is 1. The first kappa shape index (κ1) is 10.8. The number of hydrazone groups is 1. The van der Waals surface area contributed by atoms with Gasteiger partial charge in [0.05, 0.1) is 0 Å². The average molecular weight is 195 g/mol. The second kappa shape index (κ2) is 5.42. The summed E-state index contributed by atoms with van der Waals surface area (Å²) in [6, 6.07) is -0.597. The molecular formula is C10H17N3O. The fraction of sp³-hybridized carbons (Fsp3) is 0.600. The Bertz CT molecular complexity index is 248. The first-order valence-electron chi connectivity index (χ1n) is 4.97. The number of primary amides is 1. The number of carbonyl (C=O) groups excluding carboxylic acids is 1. The van der Waals surface area contributed by atoms with E-state index in [1.165, 1.54) is 6.42 Å². The molecule has 1 aliphatic rings. The van der Waals surface area contributed by atoms with Crippen molar-refractivity contribution in [3.05, 3.63) is 12.7 Å². The molecular weight excluding hydrogens is 178 g/mol. The molecule has 4 heteroatoms. The van der Waals surface area contributed by atoms with Gasteiger partial charge in [0.1, 0.15) is 0 Å². The molecule has 2 amide bonds. The molecule has 3 N–H and O–H groups in total. The molecule has 1 saturated carbocycles. The minimum atomic E-state index is -0.597. The van der Waals surface area contributed by atoms with Crippen molar-refractivity contribution in [2.24, 2.45) is 16.8 Å². The number of nitrogens with two attached hydrogens (primary N) is 1. The maximum Gasteiger partial charge on any atom is 0.332 e. The highest BCUT2D eigenvalue weighted by Gasteiger charge is 2.19. The van der Waals surface area contributed by atoms with Crippen molar-refractivity contribution in [2.45, 2.75) is 32.1 Å². The molecule has 0 aromatic carbocycles. The van der Waals surface area contributed by atoms with Gasteiger partial charge in [-0.25, -0.2) is 10.2 Å². The summed E-state index contributed by atoms with van der Waals surface area (Å²) >= 11 is 0. The van der Waals surface area contributed by atoms with Crippen LogP contribution in [0.2, 0.25) is 0 Å². The Hall–Kier alpha value is -1.32. The van der Waals surface area contributed by atoms with Gasteiger partial charge in [0.15, 0.2) is 0 Å². The van der Waals surface area contributed by atoms with Crippen molar-refractivity contribution in [3.8, 4) is 0 Å². The Morgan fingerprint density at radius 3 is 3.14 bits per heavy atom. The molecule has 1 rings (SSSR count). The Balaban J connectivity index is 2.56. The van der Waals surface area contributed by atoms with Crippen LogP contribution < -0.4 is 11.2 Å². The second-order valence-electron chi connectivity index (χ2n) is 3.55. The van der Waals surface area contributed by atoms with Gasteiger partial charge in [-0.05, 0) is 25.7 Å². The lowest BCUT2D eigenvalue weighted by atomic mass is 9.85. The largest absolute Gasteiger partial charge is 0.350 e. The summed E-state index contributed by atoms with van der Waals surface area (Å²) in [4.78, 5) is 10.5. The number of rotatable bonds is 3. The first-order chi connectivity index (χ1) is 6.74. The maximum absolute atomic E-state index is 10.5. The van der Waals surface area contributed by atoms with Crippen LogP contribution in [0.5, 0.6) is 0 Å². The van der Waals surface area contributed by atoms with Crippen molar-refractivity contribution >= 4 is 11.7 Å². The number of carbonyl (C=O) groups is 1. The molecule has 0 aromatic rings. The van der Waals surface area contributed by atoms with Gasteiger partial charge < -0.3 is 5.73 Å². The molecule has 0 aromatic heterocycles. The van der Waals surface area contributed by atoms with Gasteiger partial charge in [-0.15, -0.1) is 6.58 Å². The van der Waals surface area contributed by atoms with E-state index in [1.54, 1.807) is 0 Å². The molecule has 4 nitrogen and oxygen atoms in total. The summed E-state index contributed by atoms with van der Waals surface area (Å²) in [7, 11) is 0. The van der Waals surface area contributed by atoms with Crippen molar-refractivity contribution in [1.29, 1.82) is 0 Å². The van der Waals surface area contributed by atoms with Gasteiger partial charge in [0.2, 0.25) is 0 Å². The van der Waals surface area contributed by atoms with Gasteiger partial charge in [0.25, 0.3) is 0 Å². The van der Waals surface area contributed by atoms with Crippen molar-refractivity contribution < 1.29 is 4.79 Å². The average Bonchev–Trinajstić information content (AvgIpc) is 2.17. The predicted octanol–water partition coefficient (Wildman–Crippen LogP) is 1.78. The summed E-state index contributed by atoms with van der Waals surface area (Å²) in [5.41, 5.74) is 8.30. The summed E-state index contributed by atoms with van der Waals surface area (Å²) in [5.74, 6) is 0.438. The van der Waals surface area contributed by atoms with E-state index in [2.05, 4.69) is 17.1 Å². The summed E-state index contributed by atoms with van der Waals surface area (Å²) in [6.07, 6.45) is 7.29. The minimum Gasteiger partial charge on any atom is -0.350 e. The number of hydrogen-bond donors (Lipinski definition) is 2. The van der Waals surface area contributed by atoms with E-state index in [0.29, 0.717) is 5.92 Å². The summed E-state index contributed by atoms with van der Waals surface area (Å²) in [5, 5.41) is 4.03. The number of hydrogen-bond acceptors (Lipinski definition) is 2. The Labute approximate surface area is 84.2 Å². The molecule has 0 saturated heterocycles. The smallest absolute Gasteiger partial charge is 0.332 e. The van der Waals surface area contributed by atoms with E-state index in [4.69, 9.17) is 5.73 Å². The fourth-order valence-corrected chi connectivity index (χ4v) is 1.80. The quantitative estimate of drug-likeness (QED) is 0.523. The van der Waals surface area contributed by atoms with Gasteiger partial charge in [-0.2, -0.15) is 5.10 Å². The van der Waals surface area contributed by atoms with Crippen LogP contribution in [0.15, 0.2) is 17.8 Å². The van der Waals surface area contributed by atoms with Crippen LogP contribution in [0, 0.1) is 5.92 Å². The standard InChI is InChI=1S/C10H17N3O/c1-2-5-8-6-3-4-7-9(8)12-13-10(11)14/h2,8H,1,3-7H2,(H3,11,13,14). The van der Waals surface area contributed by atoms with E-state index in [1.807, 2.05) is 6.08 Å². The molecule has 0 spiro atoms. The molecule has 1 atom stereocenters. The van der Waals surface area contributed by atoms with Gasteiger partial charge in [-0.3, -0.25) is 0 Å². The fourth-order valence-electron chi connectivity index (χ4n) is 1.80. The molecule has 0 radical (unpaired) electrons. The maximum atomic E-state index is 10.5. The normalized spacial score (nSPS) is 24.6. The van der Waals surface area contributed by atoms with Crippen LogP contribution in [0.25, 0.3) is 0 Å². The molecule has 1 aliphatic carbocycles. The second-order valence-corrected chi connectivity index (χ2v) is 3.55. The lowest BCUT2D eigenvalue weighted by molar-refractivity contribution is 0.249. The van der Waals surface area contributed by atoms with E-state index < -0.39 is 6.03 Å². The third kappa shape index (κ3) is 3.20. The molecule has 1 fully saturated rings. The van der Waals surface area contributed by atoms with Crippen LogP contribution >= 0.6 is 0 Å². The Kier molecular flexibility index (Phi) is 4.16. The van der Waals surface area contributed by atoms with Gasteiger partial charge in [0, 0.05) is 11.6 Å². The predicted molar refractivity (Wildman–Crippen MR) is 56.9 cm³/mol. The highest BCUT2D eigenvalue weighted by atomic mass is 16.2. The van der Waals surface area contributed by atoms with E-state index in [9.17, 15) is 4.79 Å². The van der Waals surface area contributed by atoms with Crippen LogP contribution in [-0.2, 0) is 0 Å².